The van der Waals surface area contributed by atoms with Gasteiger partial charge in [-0.15, -0.1) is 12.4 Å². The highest BCUT2D eigenvalue weighted by Crippen LogP contribution is 2.20. The van der Waals surface area contributed by atoms with Crippen molar-refractivity contribution in [1.82, 2.24) is 0 Å². The Labute approximate surface area is 87.5 Å². The molecule has 2 N–H and O–H groups in total. The Kier molecular flexibility index (Phi) is 5.42. The Bertz CT molecular complexity index is 296. The molecule has 0 heterocycles. The van der Waals surface area contributed by atoms with E-state index in [-0.39, 0.29) is 18.0 Å². The molecule has 5 heteroatoms. The predicted molar refractivity (Wildman–Crippen MR) is 53.1 cm³/mol. The summed E-state index contributed by atoms with van der Waals surface area (Å²) in [5.41, 5.74) is 5.50. The van der Waals surface area contributed by atoms with Crippen LogP contribution in [0.15, 0.2) is 18.2 Å². The molecule has 1 rings (SSSR count). The summed E-state index contributed by atoms with van der Waals surface area (Å²) in [6, 6.07) is 3.27. The highest BCUT2D eigenvalue weighted by molar-refractivity contribution is 5.85. The summed E-state index contributed by atoms with van der Waals surface area (Å²) >= 11 is 0. The molecule has 0 aliphatic rings. The number of halogens is 3. The van der Waals surface area contributed by atoms with E-state index in [1.54, 1.807) is 6.07 Å². The highest BCUT2D eigenvalue weighted by Gasteiger charge is 2.11. The molecule has 0 saturated carbocycles. The Morgan fingerprint density at radius 1 is 1.50 bits per heavy atom. The average Bonchev–Trinajstić information content (AvgIpc) is 2.16. The molecular weight excluding hydrogens is 212 g/mol. The third-order valence-electron chi connectivity index (χ3n) is 1.77. The molecule has 14 heavy (non-hydrogen) atoms. The molecule has 0 radical (unpaired) electrons. The third kappa shape index (κ3) is 2.82. The minimum Gasteiger partial charge on any atom is -0.497 e. The van der Waals surface area contributed by atoms with E-state index in [0.29, 0.717) is 5.75 Å². The average molecular weight is 224 g/mol. The van der Waals surface area contributed by atoms with Crippen LogP contribution in [0, 0.1) is 5.82 Å². The van der Waals surface area contributed by atoms with Crippen LogP contribution in [0.25, 0.3) is 0 Å². The zero-order valence-corrected chi connectivity index (χ0v) is 8.48. The molecule has 0 amide bonds. The lowest BCUT2D eigenvalue weighted by atomic mass is 10.1. The molecule has 0 bridgehead atoms. The van der Waals surface area contributed by atoms with E-state index >= 15 is 0 Å². The van der Waals surface area contributed by atoms with E-state index in [0.717, 1.165) is 0 Å². The summed E-state index contributed by atoms with van der Waals surface area (Å²) in [5.74, 6) is -0.142. The molecule has 1 aromatic carbocycles. The number of methoxy groups -OCH3 is 1. The van der Waals surface area contributed by atoms with Crippen molar-refractivity contribution >= 4 is 12.4 Å². The van der Waals surface area contributed by atoms with Crippen molar-refractivity contribution in [3.8, 4) is 5.75 Å². The van der Waals surface area contributed by atoms with Gasteiger partial charge in [-0.1, -0.05) is 6.07 Å². The van der Waals surface area contributed by atoms with E-state index in [2.05, 4.69) is 0 Å². The molecular formula is C9H12ClF2NO. The van der Waals surface area contributed by atoms with Crippen molar-refractivity contribution in [2.45, 2.75) is 6.04 Å². The number of nitrogens with two attached hydrogens (primary N) is 1. The standard InChI is InChI=1S/C9H11F2NO.ClH/c1-13-6-2-3-7(8(11)4-6)9(12)5-10;/h2-4,9H,5,12H2,1H3;1H/t9-;/m1./s1. The van der Waals surface area contributed by atoms with E-state index in [4.69, 9.17) is 10.5 Å². The van der Waals surface area contributed by atoms with Crippen LogP contribution in [-0.2, 0) is 0 Å². The summed E-state index contributed by atoms with van der Waals surface area (Å²) in [6.07, 6.45) is 0. The van der Waals surface area contributed by atoms with Gasteiger partial charge >= 0.3 is 0 Å². The van der Waals surface area contributed by atoms with Gasteiger partial charge in [-0.2, -0.15) is 0 Å². The van der Waals surface area contributed by atoms with E-state index in [9.17, 15) is 8.78 Å². The second kappa shape index (κ2) is 5.78. The largest absolute Gasteiger partial charge is 0.497 e. The summed E-state index contributed by atoms with van der Waals surface area (Å²) in [6.45, 7) is -0.775. The minimum absolute atomic E-state index is 0. The van der Waals surface area contributed by atoms with Gasteiger partial charge in [-0.05, 0) is 6.07 Å². The first-order valence-corrected chi connectivity index (χ1v) is 3.84. The van der Waals surface area contributed by atoms with Crippen LogP contribution in [0.1, 0.15) is 11.6 Å². The van der Waals surface area contributed by atoms with Gasteiger partial charge in [0.25, 0.3) is 0 Å². The zero-order chi connectivity index (χ0) is 9.84. The first-order chi connectivity index (χ1) is 6.19. The lowest BCUT2D eigenvalue weighted by Gasteiger charge is -2.09. The molecule has 0 aliphatic heterocycles. The first kappa shape index (κ1) is 13.1. The maximum Gasteiger partial charge on any atom is 0.131 e. The van der Waals surface area contributed by atoms with Crippen molar-refractivity contribution in [3.05, 3.63) is 29.6 Å². The highest BCUT2D eigenvalue weighted by atomic mass is 35.5. The number of hydrogen-bond acceptors (Lipinski definition) is 2. The quantitative estimate of drug-likeness (QED) is 0.853. The van der Waals surface area contributed by atoms with Crippen molar-refractivity contribution in [3.63, 3.8) is 0 Å². The van der Waals surface area contributed by atoms with Crippen molar-refractivity contribution in [2.75, 3.05) is 13.8 Å². The first-order valence-electron chi connectivity index (χ1n) is 3.84. The Morgan fingerprint density at radius 3 is 2.57 bits per heavy atom. The van der Waals surface area contributed by atoms with Crippen LogP contribution in [-0.4, -0.2) is 13.8 Å². The van der Waals surface area contributed by atoms with Crippen LogP contribution >= 0.6 is 12.4 Å². The lowest BCUT2D eigenvalue weighted by Crippen LogP contribution is -2.13. The normalized spacial score (nSPS) is 11.7. The number of ether oxygens (including phenoxy) is 1. The number of hydrogen-bond donors (Lipinski definition) is 1. The molecule has 0 fully saturated rings. The van der Waals surface area contributed by atoms with Gasteiger partial charge in [0.1, 0.15) is 18.2 Å². The number of rotatable bonds is 3. The van der Waals surface area contributed by atoms with Gasteiger partial charge in [-0.25, -0.2) is 8.78 Å². The second-order valence-corrected chi connectivity index (χ2v) is 2.65. The summed E-state index contributed by atoms with van der Waals surface area (Å²) < 4.78 is 30.0. The summed E-state index contributed by atoms with van der Waals surface area (Å²) in [4.78, 5) is 0. The molecule has 1 atom stereocenters. The molecule has 0 aromatic heterocycles. The van der Waals surface area contributed by atoms with Crippen LogP contribution in [0.4, 0.5) is 8.78 Å². The molecule has 1 aromatic rings. The Hall–Kier alpha value is -0.870. The van der Waals surface area contributed by atoms with Crippen LogP contribution in [0.5, 0.6) is 5.75 Å². The van der Waals surface area contributed by atoms with Crippen molar-refractivity contribution in [1.29, 1.82) is 0 Å². The maximum atomic E-state index is 13.1. The van der Waals surface area contributed by atoms with Crippen LogP contribution in [0.3, 0.4) is 0 Å². The van der Waals surface area contributed by atoms with Gasteiger partial charge < -0.3 is 10.5 Å². The second-order valence-electron chi connectivity index (χ2n) is 2.65. The third-order valence-corrected chi connectivity index (χ3v) is 1.77. The van der Waals surface area contributed by atoms with E-state index in [1.165, 1.54) is 19.2 Å². The fourth-order valence-corrected chi connectivity index (χ4v) is 1.02. The molecule has 0 saturated heterocycles. The summed E-state index contributed by atoms with van der Waals surface area (Å²) in [5, 5.41) is 0. The van der Waals surface area contributed by atoms with Crippen molar-refractivity contribution < 1.29 is 13.5 Å². The fourth-order valence-electron chi connectivity index (χ4n) is 1.02. The molecule has 0 aliphatic carbocycles. The number of alkyl halides is 1. The Balaban J connectivity index is 0.00000169. The minimum atomic E-state index is -0.897. The fraction of sp³-hybridized carbons (Fsp3) is 0.333. The monoisotopic (exact) mass is 223 g/mol. The summed E-state index contributed by atoms with van der Waals surface area (Å²) in [7, 11) is 1.43. The zero-order valence-electron chi connectivity index (χ0n) is 7.67. The SMILES string of the molecule is COc1ccc([C@H](N)CF)c(F)c1.Cl. The van der Waals surface area contributed by atoms with Gasteiger partial charge in [0.05, 0.1) is 13.2 Å². The van der Waals surface area contributed by atoms with Gasteiger partial charge in [0.15, 0.2) is 0 Å². The van der Waals surface area contributed by atoms with Gasteiger partial charge in [0, 0.05) is 11.6 Å². The maximum absolute atomic E-state index is 13.1. The van der Waals surface area contributed by atoms with E-state index in [1.807, 2.05) is 0 Å². The Morgan fingerprint density at radius 2 is 2.14 bits per heavy atom. The molecule has 2 nitrogen and oxygen atoms in total. The molecule has 80 valence electrons. The van der Waals surface area contributed by atoms with Gasteiger partial charge in [-0.3, -0.25) is 0 Å². The molecule has 0 unspecified atom stereocenters. The van der Waals surface area contributed by atoms with Crippen LogP contribution in [0.2, 0.25) is 0 Å². The van der Waals surface area contributed by atoms with Gasteiger partial charge in [0.2, 0.25) is 0 Å². The van der Waals surface area contributed by atoms with Crippen LogP contribution < -0.4 is 10.5 Å². The predicted octanol–water partition coefficient (Wildman–Crippen LogP) is 2.23. The lowest BCUT2D eigenvalue weighted by molar-refractivity contribution is 0.405. The topological polar surface area (TPSA) is 35.2 Å². The smallest absolute Gasteiger partial charge is 0.131 e. The number of benzene rings is 1. The van der Waals surface area contributed by atoms with Crippen molar-refractivity contribution in [2.24, 2.45) is 5.73 Å². The van der Waals surface area contributed by atoms with E-state index < -0.39 is 18.5 Å². The molecule has 0 spiro atoms.